The predicted molar refractivity (Wildman–Crippen MR) is 98.2 cm³/mol. The van der Waals surface area contributed by atoms with Crippen molar-refractivity contribution in [1.82, 2.24) is 25.0 Å². The molecule has 0 unspecified atom stereocenters. The van der Waals surface area contributed by atoms with Crippen LogP contribution in [0.25, 0.3) is 22.4 Å². The Kier molecular flexibility index (Phi) is 4.38. The average molecular weight is 343 g/mol. The van der Waals surface area contributed by atoms with Gasteiger partial charge in [-0.15, -0.1) is 0 Å². The minimum atomic E-state index is 0.365. The highest BCUT2D eigenvalue weighted by Gasteiger charge is 2.06. The summed E-state index contributed by atoms with van der Waals surface area (Å²) in [6, 6.07) is 19.9. The zero-order chi connectivity index (χ0) is 17.8. The third kappa shape index (κ3) is 3.44. The fraction of sp³-hybridized carbons (Fsp3) is 0.100. The van der Waals surface area contributed by atoms with Crippen molar-refractivity contribution in [2.75, 3.05) is 0 Å². The summed E-state index contributed by atoms with van der Waals surface area (Å²) in [6.07, 6.45) is 3.27. The minimum absolute atomic E-state index is 0.365. The first kappa shape index (κ1) is 16.0. The van der Waals surface area contributed by atoms with Crippen LogP contribution in [0.4, 0.5) is 0 Å². The Morgan fingerprint density at radius 2 is 1.77 bits per heavy atom. The Balaban J connectivity index is 1.57. The van der Waals surface area contributed by atoms with Gasteiger partial charge in [-0.05, 0) is 23.8 Å². The van der Waals surface area contributed by atoms with E-state index in [1.165, 1.54) is 6.33 Å². The largest absolute Gasteiger partial charge is 0.486 e. The molecule has 26 heavy (non-hydrogen) atoms. The number of hydrogen-bond acceptors (Lipinski definition) is 5. The molecular formula is C20H17N5O. The number of hydrogen-bond donors (Lipinski definition) is 0. The molecule has 6 nitrogen and oxygen atoms in total. The molecule has 0 aliphatic carbocycles. The van der Waals surface area contributed by atoms with Crippen LogP contribution in [0.5, 0.6) is 5.75 Å². The highest BCUT2D eigenvalue weighted by Crippen LogP contribution is 2.26. The SMILES string of the molecule is Cn1ncnc1COc1cccc(-c2cnnc(-c3ccccc3)c2)c1. The van der Waals surface area contributed by atoms with Crippen LogP contribution in [-0.4, -0.2) is 25.0 Å². The quantitative estimate of drug-likeness (QED) is 0.555. The monoisotopic (exact) mass is 343 g/mol. The molecule has 0 N–H and O–H groups in total. The van der Waals surface area contributed by atoms with Gasteiger partial charge in [0, 0.05) is 18.2 Å². The second kappa shape index (κ2) is 7.14. The van der Waals surface area contributed by atoms with E-state index in [9.17, 15) is 0 Å². The van der Waals surface area contributed by atoms with Gasteiger partial charge in [-0.25, -0.2) is 4.98 Å². The van der Waals surface area contributed by atoms with Gasteiger partial charge in [-0.2, -0.15) is 15.3 Å². The summed E-state index contributed by atoms with van der Waals surface area (Å²) in [7, 11) is 1.84. The summed E-state index contributed by atoms with van der Waals surface area (Å²) in [5.74, 6) is 1.54. The molecule has 0 aliphatic rings. The second-order valence-corrected chi connectivity index (χ2v) is 5.81. The summed E-state index contributed by atoms with van der Waals surface area (Å²) in [4.78, 5) is 4.17. The highest BCUT2D eigenvalue weighted by molar-refractivity contribution is 5.70. The smallest absolute Gasteiger partial charge is 0.164 e. The molecule has 0 radical (unpaired) electrons. The Morgan fingerprint density at radius 3 is 2.58 bits per heavy atom. The van der Waals surface area contributed by atoms with E-state index < -0.39 is 0 Å². The molecule has 2 heterocycles. The molecule has 6 heteroatoms. The van der Waals surface area contributed by atoms with Gasteiger partial charge in [0.15, 0.2) is 5.82 Å². The van der Waals surface area contributed by atoms with Gasteiger partial charge in [0.2, 0.25) is 0 Å². The molecule has 0 bridgehead atoms. The van der Waals surface area contributed by atoms with Gasteiger partial charge in [-0.3, -0.25) is 4.68 Å². The van der Waals surface area contributed by atoms with E-state index in [-0.39, 0.29) is 0 Å². The Bertz CT molecular complexity index is 1010. The van der Waals surface area contributed by atoms with Crippen LogP contribution in [0.2, 0.25) is 0 Å². The van der Waals surface area contributed by atoms with Crippen molar-refractivity contribution in [3.63, 3.8) is 0 Å². The molecule has 0 fully saturated rings. The zero-order valence-electron chi connectivity index (χ0n) is 14.3. The zero-order valence-corrected chi connectivity index (χ0v) is 14.3. The second-order valence-electron chi connectivity index (χ2n) is 5.81. The van der Waals surface area contributed by atoms with Crippen LogP contribution in [0, 0.1) is 0 Å². The lowest BCUT2D eigenvalue weighted by Gasteiger charge is -2.08. The lowest BCUT2D eigenvalue weighted by Crippen LogP contribution is -2.04. The maximum Gasteiger partial charge on any atom is 0.164 e. The fourth-order valence-corrected chi connectivity index (χ4v) is 2.64. The molecule has 4 aromatic rings. The highest BCUT2D eigenvalue weighted by atomic mass is 16.5. The number of aromatic nitrogens is 5. The molecule has 0 aliphatic heterocycles. The number of nitrogens with zero attached hydrogens (tertiary/aromatic N) is 5. The van der Waals surface area contributed by atoms with E-state index in [0.717, 1.165) is 34.0 Å². The van der Waals surface area contributed by atoms with Crippen molar-refractivity contribution in [2.24, 2.45) is 7.05 Å². The third-order valence-electron chi connectivity index (χ3n) is 4.06. The van der Waals surface area contributed by atoms with Crippen LogP contribution in [-0.2, 0) is 13.7 Å². The molecular weight excluding hydrogens is 326 g/mol. The van der Waals surface area contributed by atoms with Crippen molar-refractivity contribution in [3.05, 3.63) is 79.0 Å². The number of benzene rings is 2. The van der Waals surface area contributed by atoms with E-state index in [1.807, 2.05) is 67.7 Å². The number of ether oxygens (including phenoxy) is 1. The fourth-order valence-electron chi connectivity index (χ4n) is 2.64. The topological polar surface area (TPSA) is 65.7 Å². The molecule has 2 aromatic heterocycles. The van der Waals surface area contributed by atoms with Crippen molar-refractivity contribution >= 4 is 0 Å². The van der Waals surface area contributed by atoms with E-state index in [4.69, 9.17) is 4.74 Å². The van der Waals surface area contributed by atoms with E-state index >= 15 is 0 Å². The van der Waals surface area contributed by atoms with Gasteiger partial charge in [0.25, 0.3) is 0 Å². The lowest BCUT2D eigenvalue weighted by molar-refractivity contribution is 0.290. The van der Waals surface area contributed by atoms with E-state index in [2.05, 4.69) is 20.3 Å². The van der Waals surface area contributed by atoms with Gasteiger partial charge in [0.05, 0.1) is 11.9 Å². The van der Waals surface area contributed by atoms with Gasteiger partial charge in [0.1, 0.15) is 18.7 Å². The summed E-state index contributed by atoms with van der Waals surface area (Å²) in [5.41, 5.74) is 3.89. The summed E-state index contributed by atoms with van der Waals surface area (Å²) in [6.45, 7) is 0.365. The normalized spacial score (nSPS) is 10.7. The van der Waals surface area contributed by atoms with Crippen LogP contribution in [0.3, 0.4) is 0 Å². The maximum absolute atomic E-state index is 5.85. The number of rotatable bonds is 5. The molecule has 128 valence electrons. The Labute approximate surface area is 151 Å². The van der Waals surface area contributed by atoms with Crippen LogP contribution >= 0.6 is 0 Å². The van der Waals surface area contributed by atoms with Crippen molar-refractivity contribution in [2.45, 2.75) is 6.61 Å². The van der Waals surface area contributed by atoms with Gasteiger partial charge >= 0.3 is 0 Å². The van der Waals surface area contributed by atoms with E-state index in [1.54, 1.807) is 10.9 Å². The van der Waals surface area contributed by atoms with Crippen LogP contribution < -0.4 is 4.74 Å². The van der Waals surface area contributed by atoms with Gasteiger partial charge < -0.3 is 4.74 Å². The number of aryl methyl sites for hydroxylation is 1. The summed E-state index contributed by atoms with van der Waals surface area (Å²) < 4.78 is 7.55. The molecule has 0 atom stereocenters. The lowest BCUT2D eigenvalue weighted by atomic mass is 10.0. The third-order valence-corrected chi connectivity index (χ3v) is 4.06. The minimum Gasteiger partial charge on any atom is -0.486 e. The predicted octanol–water partition coefficient (Wildman–Crippen LogP) is 3.52. The maximum atomic E-state index is 5.85. The standard InChI is InChI=1S/C20H17N5O/c1-25-20(21-14-23-25)13-26-18-9-5-8-16(10-18)17-11-19(24-22-12-17)15-6-3-2-4-7-15/h2-12,14H,13H2,1H3. The molecule has 0 saturated carbocycles. The summed E-state index contributed by atoms with van der Waals surface area (Å²) >= 11 is 0. The Morgan fingerprint density at radius 1 is 0.923 bits per heavy atom. The van der Waals surface area contributed by atoms with Crippen LogP contribution in [0.15, 0.2) is 73.2 Å². The molecule has 0 amide bonds. The molecule has 0 spiro atoms. The molecule has 2 aromatic carbocycles. The summed E-state index contributed by atoms with van der Waals surface area (Å²) in [5, 5.41) is 12.4. The average Bonchev–Trinajstić information content (AvgIpc) is 3.12. The first-order chi connectivity index (χ1) is 12.8. The molecule has 0 saturated heterocycles. The van der Waals surface area contributed by atoms with E-state index in [0.29, 0.717) is 6.61 Å². The first-order valence-electron chi connectivity index (χ1n) is 8.24. The van der Waals surface area contributed by atoms with Crippen LogP contribution in [0.1, 0.15) is 5.82 Å². The van der Waals surface area contributed by atoms with Gasteiger partial charge in [-0.1, -0.05) is 42.5 Å². The van der Waals surface area contributed by atoms with Crippen molar-refractivity contribution < 1.29 is 4.74 Å². The van der Waals surface area contributed by atoms with Crippen molar-refractivity contribution in [1.29, 1.82) is 0 Å². The first-order valence-corrected chi connectivity index (χ1v) is 8.24. The van der Waals surface area contributed by atoms with Crippen molar-refractivity contribution in [3.8, 4) is 28.1 Å². The Hall–Kier alpha value is -3.54. The molecule has 4 rings (SSSR count).